The van der Waals surface area contributed by atoms with Gasteiger partial charge < -0.3 is 10.0 Å². The molecular weight excluding hydrogens is 257 g/mol. The molecule has 0 radical (unpaired) electrons. The average molecular weight is 272 g/mol. The number of carbonyl (C=O) groups is 1. The van der Waals surface area contributed by atoms with Crippen molar-refractivity contribution in [1.82, 2.24) is 4.90 Å². The van der Waals surface area contributed by atoms with E-state index in [1.165, 1.54) is 12.1 Å². The number of halogens is 2. The number of hydrogen-bond donors (Lipinski definition) is 1. The Morgan fingerprint density at radius 3 is 2.61 bits per heavy atom. The highest BCUT2D eigenvalue weighted by Crippen LogP contribution is 2.23. The summed E-state index contributed by atoms with van der Waals surface area (Å²) in [5.74, 6) is -0.954. The Kier molecular flexibility index (Phi) is 3.59. The summed E-state index contributed by atoms with van der Waals surface area (Å²) < 4.78 is 13.6. The van der Waals surface area contributed by atoms with E-state index in [-0.39, 0.29) is 16.5 Å². The Labute approximate surface area is 110 Å². The second-order valence-corrected chi connectivity index (χ2v) is 5.35. The molecule has 0 spiro atoms. The summed E-state index contributed by atoms with van der Waals surface area (Å²) in [6.45, 7) is 2.62. The van der Waals surface area contributed by atoms with Gasteiger partial charge in [-0.1, -0.05) is 11.6 Å². The maximum Gasteiger partial charge on any atom is 0.256 e. The van der Waals surface area contributed by atoms with Crippen molar-refractivity contribution in [1.29, 1.82) is 0 Å². The van der Waals surface area contributed by atoms with Gasteiger partial charge in [-0.25, -0.2) is 4.39 Å². The first-order valence-electron chi connectivity index (χ1n) is 5.86. The van der Waals surface area contributed by atoms with Crippen LogP contribution in [0, 0.1) is 5.82 Å². The molecule has 1 fully saturated rings. The lowest BCUT2D eigenvalue weighted by molar-refractivity contribution is -0.00213. The van der Waals surface area contributed by atoms with Crippen molar-refractivity contribution in [2.75, 3.05) is 13.1 Å². The molecule has 5 heteroatoms. The number of carbonyl (C=O) groups excluding carboxylic acids is 1. The summed E-state index contributed by atoms with van der Waals surface area (Å²) in [5.41, 5.74) is -0.698. The average Bonchev–Trinajstić information content (AvgIpc) is 2.28. The Bertz CT molecular complexity index is 466. The van der Waals surface area contributed by atoms with E-state index in [0.717, 1.165) is 6.07 Å². The lowest BCUT2D eigenvalue weighted by Crippen LogP contribution is -2.45. The minimum Gasteiger partial charge on any atom is -0.390 e. The number of benzene rings is 1. The molecule has 3 nitrogen and oxygen atoms in total. The number of nitrogens with zero attached hydrogens (tertiary/aromatic N) is 1. The molecule has 18 heavy (non-hydrogen) atoms. The van der Waals surface area contributed by atoms with Gasteiger partial charge in [0.2, 0.25) is 0 Å². The first-order chi connectivity index (χ1) is 8.39. The Balaban J connectivity index is 2.13. The van der Waals surface area contributed by atoms with Gasteiger partial charge in [-0.05, 0) is 38.0 Å². The van der Waals surface area contributed by atoms with Gasteiger partial charge in [0, 0.05) is 18.1 Å². The molecular formula is C13H15ClFNO2. The van der Waals surface area contributed by atoms with Crippen LogP contribution in [0.3, 0.4) is 0 Å². The molecule has 0 unspecified atom stereocenters. The van der Waals surface area contributed by atoms with Crippen molar-refractivity contribution in [2.24, 2.45) is 0 Å². The standard InChI is InChI=1S/C13H15ClFNO2/c1-13(18)4-6-16(7-5-13)12(17)10-3-2-9(14)8-11(10)15/h2-3,8,18H,4-7H2,1H3. The summed E-state index contributed by atoms with van der Waals surface area (Å²) in [6, 6.07) is 4.03. The highest BCUT2D eigenvalue weighted by atomic mass is 35.5. The van der Waals surface area contributed by atoms with E-state index in [9.17, 15) is 14.3 Å². The third-order valence-corrected chi connectivity index (χ3v) is 3.52. The van der Waals surface area contributed by atoms with Crippen LogP contribution in [0.25, 0.3) is 0 Å². The maximum atomic E-state index is 13.6. The van der Waals surface area contributed by atoms with Gasteiger partial charge in [0.15, 0.2) is 0 Å². The molecule has 1 aromatic carbocycles. The van der Waals surface area contributed by atoms with E-state index in [1.807, 2.05) is 0 Å². The molecule has 0 atom stereocenters. The van der Waals surface area contributed by atoms with Crippen molar-refractivity contribution < 1.29 is 14.3 Å². The second kappa shape index (κ2) is 4.86. The zero-order valence-corrected chi connectivity index (χ0v) is 10.9. The van der Waals surface area contributed by atoms with Crippen LogP contribution in [0.2, 0.25) is 5.02 Å². The predicted octanol–water partition coefficient (Wildman–Crippen LogP) is 2.47. The molecule has 1 amide bonds. The van der Waals surface area contributed by atoms with Gasteiger partial charge in [-0.15, -0.1) is 0 Å². The Morgan fingerprint density at radius 1 is 1.44 bits per heavy atom. The van der Waals surface area contributed by atoms with Gasteiger partial charge in [-0.3, -0.25) is 4.79 Å². The van der Waals surface area contributed by atoms with Gasteiger partial charge in [0.25, 0.3) is 5.91 Å². The molecule has 1 aromatic rings. The first kappa shape index (κ1) is 13.3. The summed E-state index contributed by atoms with van der Waals surface area (Å²) >= 11 is 5.65. The van der Waals surface area contributed by atoms with Gasteiger partial charge in [-0.2, -0.15) is 0 Å². The zero-order valence-electron chi connectivity index (χ0n) is 10.1. The lowest BCUT2D eigenvalue weighted by Gasteiger charge is -2.35. The number of amides is 1. The Hall–Kier alpha value is -1.13. The summed E-state index contributed by atoms with van der Waals surface area (Å²) in [6.07, 6.45) is 1.02. The fourth-order valence-corrected chi connectivity index (χ4v) is 2.18. The quantitative estimate of drug-likeness (QED) is 0.852. The molecule has 0 aromatic heterocycles. The van der Waals surface area contributed by atoms with E-state index in [0.29, 0.717) is 25.9 Å². The molecule has 98 valence electrons. The van der Waals surface area contributed by atoms with Gasteiger partial charge in [0.1, 0.15) is 5.82 Å². The van der Waals surface area contributed by atoms with Crippen LogP contribution in [-0.4, -0.2) is 34.6 Å². The van der Waals surface area contributed by atoms with Crippen LogP contribution in [0.1, 0.15) is 30.1 Å². The number of hydrogen-bond acceptors (Lipinski definition) is 2. The summed E-state index contributed by atoms with van der Waals surface area (Å²) in [7, 11) is 0. The number of piperidine rings is 1. The van der Waals surface area contributed by atoms with E-state index in [1.54, 1.807) is 11.8 Å². The SMILES string of the molecule is CC1(O)CCN(C(=O)c2ccc(Cl)cc2F)CC1. The lowest BCUT2D eigenvalue weighted by atomic mass is 9.93. The highest BCUT2D eigenvalue weighted by molar-refractivity contribution is 6.30. The van der Waals surface area contributed by atoms with Crippen molar-refractivity contribution in [3.05, 3.63) is 34.6 Å². The smallest absolute Gasteiger partial charge is 0.256 e. The van der Waals surface area contributed by atoms with E-state index >= 15 is 0 Å². The zero-order chi connectivity index (χ0) is 13.3. The molecule has 0 bridgehead atoms. The highest BCUT2D eigenvalue weighted by Gasteiger charge is 2.30. The van der Waals surface area contributed by atoms with Crippen molar-refractivity contribution in [3.63, 3.8) is 0 Å². The number of aliphatic hydroxyl groups is 1. The molecule has 1 aliphatic rings. The first-order valence-corrected chi connectivity index (χ1v) is 6.23. The predicted molar refractivity (Wildman–Crippen MR) is 67.2 cm³/mol. The summed E-state index contributed by atoms with van der Waals surface area (Å²) in [5, 5.41) is 10.1. The van der Waals surface area contributed by atoms with Crippen molar-refractivity contribution >= 4 is 17.5 Å². The largest absolute Gasteiger partial charge is 0.390 e. The minimum atomic E-state index is -0.727. The second-order valence-electron chi connectivity index (χ2n) is 4.91. The van der Waals surface area contributed by atoms with Crippen LogP contribution < -0.4 is 0 Å². The fourth-order valence-electron chi connectivity index (χ4n) is 2.02. The topological polar surface area (TPSA) is 40.5 Å². The molecule has 2 rings (SSSR count). The maximum absolute atomic E-state index is 13.6. The van der Waals surface area contributed by atoms with E-state index < -0.39 is 11.4 Å². The van der Waals surface area contributed by atoms with Crippen LogP contribution in [0.4, 0.5) is 4.39 Å². The molecule has 1 N–H and O–H groups in total. The van der Waals surface area contributed by atoms with Crippen molar-refractivity contribution in [2.45, 2.75) is 25.4 Å². The number of rotatable bonds is 1. The van der Waals surface area contributed by atoms with E-state index in [2.05, 4.69) is 0 Å². The van der Waals surface area contributed by atoms with Crippen LogP contribution in [-0.2, 0) is 0 Å². The Morgan fingerprint density at radius 2 is 2.06 bits per heavy atom. The minimum absolute atomic E-state index is 0.0287. The molecule has 1 heterocycles. The van der Waals surface area contributed by atoms with Gasteiger partial charge in [0.05, 0.1) is 11.2 Å². The third-order valence-electron chi connectivity index (χ3n) is 3.29. The van der Waals surface area contributed by atoms with Crippen LogP contribution in [0.15, 0.2) is 18.2 Å². The summed E-state index contributed by atoms with van der Waals surface area (Å²) in [4.78, 5) is 13.7. The third kappa shape index (κ3) is 2.82. The molecule has 0 aliphatic carbocycles. The van der Waals surface area contributed by atoms with Crippen LogP contribution >= 0.6 is 11.6 Å². The number of likely N-dealkylation sites (tertiary alicyclic amines) is 1. The molecule has 1 aliphatic heterocycles. The fraction of sp³-hybridized carbons (Fsp3) is 0.462. The molecule has 1 saturated heterocycles. The van der Waals surface area contributed by atoms with Crippen LogP contribution in [0.5, 0.6) is 0 Å². The monoisotopic (exact) mass is 271 g/mol. The van der Waals surface area contributed by atoms with Gasteiger partial charge >= 0.3 is 0 Å². The van der Waals surface area contributed by atoms with E-state index in [4.69, 9.17) is 11.6 Å². The normalized spacial score (nSPS) is 18.8. The molecule has 0 saturated carbocycles. The van der Waals surface area contributed by atoms with Crippen molar-refractivity contribution in [3.8, 4) is 0 Å².